The van der Waals surface area contributed by atoms with Gasteiger partial charge < -0.3 is 5.32 Å². The first-order chi connectivity index (χ1) is 9.00. The Bertz CT molecular complexity index is 600. The molecule has 0 radical (unpaired) electrons. The number of benzene rings is 1. The maximum atomic E-state index is 12.0. The number of carbonyl (C=O) groups is 1. The number of hydrogen-bond donors (Lipinski definition) is 1. The molecule has 1 aliphatic heterocycles. The SMILES string of the molecule is N#Cc1ccc(NC(=O)C2CCS(=O)(=O)CC2)cc1. The highest BCUT2D eigenvalue weighted by atomic mass is 32.2. The summed E-state index contributed by atoms with van der Waals surface area (Å²) in [6, 6.07) is 8.58. The quantitative estimate of drug-likeness (QED) is 0.883. The van der Waals surface area contributed by atoms with Gasteiger partial charge in [0.15, 0.2) is 0 Å². The first-order valence-corrected chi connectivity index (χ1v) is 7.84. The normalized spacial score (nSPS) is 18.5. The molecule has 1 aromatic rings. The molecule has 0 spiro atoms. The molecule has 0 saturated carbocycles. The third-order valence-electron chi connectivity index (χ3n) is 3.21. The monoisotopic (exact) mass is 278 g/mol. The summed E-state index contributed by atoms with van der Waals surface area (Å²) < 4.78 is 22.6. The molecule has 1 fully saturated rings. The third-order valence-corrected chi connectivity index (χ3v) is 4.92. The Morgan fingerprint density at radius 1 is 1.21 bits per heavy atom. The average Bonchev–Trinajstić information content (AvgIpc) is 2.39. The zero-order chi connectivity index (χ0) is 13.9. The summed E-state index contributed by atoms with van der Waals surface area (Å²) in [5.41, 5.74) is 1.15. The number of nitrogens with one attached hydrogen (secondary N) is 1. The lowest BCUT2D eigenvalue weighted by Crippen LogP contribution is -2.31. The van der Waals surface area contributed by atoms with Crippen LogP contribution in [0.5, 0.6) is 0 Å². The van der Waals surface area contributed by atoms with Crippen molar-refractivity contribution in [3.8, 4) is 6.07 Å². The van der Waals surface area contributed by atoms with Crippen molar-refractivity contribution in [3.63, 3.8) is 0 Å². The van der Waals surface area contributed by atoms with Gasteiger partial charge in [0.05, 0.1) is 23.1 Å². The minimum absolute atomic E-state index is 0.0818. The summed E-state index contributed by atoms with van der Waals surface area (Å²) in [5, 5.41) is 11.4. The molecule has 1 heterocycles. The first kappa shape index (κ1) is 13.6. The lowest BCUT2D eigenvalue weighted by atomic mass is 10.0. The van der Waals surface area contributed by atoms with Crippen molar-refractivity contribution in [3.05, 3.63) is 29.8 Å². The van der Waals surface area contributed by atoms with Gasteiger partial charge in [-0.25, -0.2) is 8.42 Å². The van der Waals surface area contributed by atoms with Crippen LogP contribution in [0.2, 0.25) is 0 Å². The smallest absolute Gasteiger partial charge is 0.227 e. The van der Waals surface area contributed by atoms with Crippen molar-refractivity contribution in [1.82, 2.24) is 0 Å². The summed E-state index contributed by atoms with van der Waals surface area (Å²) in [6.07, 6.45) is 0.759. The van der Waals surface area contributed by atoms with Crippen LogP contribution < -0.4 is 5.32 Å². The highest BCUT2D eigenvalue weighted by Gasteiger charge is 2.28. The summed E-state index contributed by atoms with van der Waals surface area (Å²) in [5.74, 6) is -0.240. The van der Waals surface area contributed by atoms with E-state index in [4.69, 9.17) is 5.26 Å². The van der Waals surface area contributed by atoms with Crippen molar-refractivity contribution >= 4 is 21.4 Å². The summed E-state index contributed by atoms with van der Waals surface area (Å²) >= 11 is 0. The Kier molecular flexibility index (Phi) is 3.86. The number of carbonyl (C=O) groups excluding carboxylic acids is 1. The van der Waals surface area contributed by atoms with Crippen molar-refractivity contribution in [2.24, 2.45) is 5.92 Å². The van der Waals surface area contributed by atoms with E-state index >= 15 is 0 Å². The number of nitriles is 1. The summed E-state index contributed by atoms with van der Waals surface area (Å²) in [4.78, 5) is 12.0. The van der Waals surface area contributed by atoms with Gasteiger partial charge in [0.1, 0.15) is 9.84 Å². The third kappa shape index (κ3) is 3.55. The van der Waals surface area contributed by atoms with Crippen LogP contribution in [-0.2, 0) is 14.6 Å². The molecule has 1 aliphatic rings. The summed E-state index contributed by atoms with van der Waals surface area (Å²) in [6.45, 7) is 0. The van der Waals surface area contributed by atoms with Crippen LogP contribution in [0.25, 0.3) is 0 Å². The van der Waals surface area contributed by atoms with Crippen molar-refractivity contribution in [2.75, 3.05) is 16.8 Å². The zero-order valence-electron chi connectivity index (χ0n) is 10.3. The van der Waals surface area contributed by atoms with E-state index < -0.39 is 9.84 Å². The van der Waals surface area contributed by atoms with Crippen LogP contribution in [0.4, 0.5) is 5.69 Å². The molecule has 2 rings (SSSR count). The van der Waals surface area contributed by atoms with Crippen molar-refractivity contribution in [1.29, 1.82) is 5.26 Å². The first-order valence-electron chi connectivity index (χ1n) is 6.01. The Balaban J connectivity index is 1.96. The molecule has 1 aromatic carbocycles. The second kappa shape index (κ2) is 5.41. The summed E-state index contributed by atoms with van der Waals surface area (Å²) in [7, 11) is -2.95. The Morgan fingerprint density at radius 3 is 2.32 bits per heavy atom. The molecular weight excluding hydrogens is 264 g/mol. The molecular formula is C13H14N2O3S. The highest BCUT2D eigenvalue weighted by molar-refractivity contribution is 7.91. The fraction of sp³-hybridized carbons (Fsp3) is 0.385. The van der Waals surface area contributed by atoms with Gasteiger partial charge in [0, 0.05) is 11.6 Å². The molecule has 100 valence electrons. The lowest BCUT2D eigenvalue weighted by molar-refractivity contribution is -0.120. The molecule has 0 aromatic heterocycles. The molecule has 0 aliphatic carbocycles. The molecule has 0 unspecified atom stereocenters. The van der Waals surface area contributed by atoms with Gasteiger partial charge in [-0.2, -0.15) is 5.26 Å². The molecule has 1 N–H and O–H groups in total. The topological polar surface area (TPSA) is 87.0 Å². The molecule has 19 heavy (non-hydrogen) atoms. The van der Waals surface area contributed by atoms with E-state index in [1.165, 1.54) is 0 Å². The lowest BCUT2D eigenvalue weighted by Gasteiger charge is -2.21. The molecule has 5 nitrogen and oxygen atoms in total. The number of sulfone groups is 1. The van der Waals surface area contributed by atoms with E-state index in [2.05, 4.69) is 5.32 Å². The van der Waals surface area contributed by atoms with E-state index in [-0.39, 0.29) is 23.3 Å². The molecule has 0 bridgehead atoms. The number of rotatable bonds is 2. The van der Waals surface area contributed by atoms with E-state index in [9.17, 15) is 13.2 Å². The Labute approximate surface area is 112 Å². The van der Waals surface area contributed by atoms with Crippen molar-refractivity contribution < 1.29 is 13.2 Å². The van der Waals surface area contributed by atoms with Gasteiger partial charge in [0.25, 0.3) is 0 Å². The van der Waals surface area contributed by atoms with Gasteiger partial charge in [-0.1, -0.05) is 0 Å². The number of nitrogens with zero attached hydrogens (tertiary/aromatic N) is 1. The number of hydrogen-bond acceptors (Lipinski definition) is 4. The highest BCUT2D eigenvalue weighted by Crippen LogP contribution is 2.21. The standard InChI is InChI=1S/C13H14N2O3S/c14-9-10-1-3-12(4-2-10)15-13(16)11-5-7-19(17,18)8-6-11/h1-4,11H,5-8H2,(H,15,16). The van der Waals surface area contributed by atoms with Gasteiger partial charge in [-0.15, -0.1) is 0 Å². The fourth-order valence-corrected chi connectivity index (χ4v) is 3.52. The van der Waals surface area contributed by atoms with E-state index in [0.717, 1.165) is 0 Å². The predicted molar refractivity (Wildman–Crippen MR) is 71.2 cm³/mol. The molecule has 0 atom stereocenters. The van der Waals surface area contributed by atoms with Crippen LogP contribution >= 0.6 is 0 Å². The number of amides is 1. The molecule has 1 saturated heterocycles. The van der Waals surface area contributed by atoms with Crippen LogP contribution in [0, 0.1) is 17.2 Å². The molecule has 1 amide bonds. The predicted octanol–water partition coefficient (Wildman–Crippen LogP) is 1.32. The van der Waals surface area contributed by atoms with Gasteiger partial charge >= 0.3 is 0 Å². The van der Waals surface area contributed by atoms with Gasteiger partial charge in [-0.05, 0) is 37.1 Å². The Morgan fingerprint density at radius 2 is 1.79 bits per heavy atom. The maximum Gasteiger partial charge on any atom is 0.227 e. The van der Waals surface area contributed by atoms with E-state index in [1.54, 1.807) is 24.3 Å². The van der Waals surface area contributed by atoms with Gasteiger partial charge in [0.2, 0.25) is 5.91 Å². The average molecular weight is 278 g/mol. The maximum absolute atomic E-state index is 12.0. The van der Waals surface area contributed by atoms with Crippen molar-refractivity contribution in [2.45, 2.75) is 12.8 Å². The second-order valence-electron chi connectivity index (χ2n) is 4.60. The zero-order valence-corrected chi connectivity index (χ0v) is 11.1. The largest absolute Gasteiger partial charge is 0.326 e. The second-order valence-corrected chi connectivity index (χ2v) is 6.91. The van der Waals surface area contributed by atoms with E-state index in [0.29, 0.717) is 24.1 Å². The molecule has 6 heteroatoms. The van der Waals surface area contributed by atoms with Crippen LogP contribution in [0.15, 0.2) is 24.3 Å². The van der Waals surface area contributed by atoms with E-state index in [1.807, 2.05) is 6.07 Å². The number of anilines is 1. The minimum atomic E-state index is -2.95. The minimum Gasteiger partial charge on any atom is -0.326 e. The van der Waals surface area contributed by atoms with Crippen LogP contribution in [0.3, 0.4) is 0 Å². The van der Waals surface area contributed by atoms with Crippen LogP contribution in [-0.4, -0.2) is 25.8 Å². The Hall–Kier alpha value is -1.87. The van der Waals surface area contributed by atoms with Gasteiger partial charge in [-0.3, -0.25) is 4.79 Å². The van der Waals surface area contributed by atoms with Crippen LogP contribution in [0.1, 0.15) is 18.4 Å². The fourth-order valence-electron chi connectivity index (χ4n) is 2.02.